The highest BCUT2D eigenvalue weighted by Crippen LogP contribution is 2.17. The number of amides is 1. The molecule has 0 bridgehead atoms. The van der Waals surface area contributed by atoms with Crippen LogP contribution in [0.2, 0.25) is 0 Å². The summed E-state index contributed by atoms with van der Waals surface area (Å²) in [7, 11) is 1.83. The Kier molecular flexibility index (Phi) is 4.61. The van der Waals surface area contributed by atoms with Crippen LogP contribution in [0.25, 0.3) is 0 Å². The number of hydrogen-bond acceptors (Lipinski definition) is 1. The molecule has 0 aliphatic carbocycles. The van der Waals surface area contributed by atoms with Crippen LogP contribution >= 0.6 is 15.9 Å². The van der Waals surface area contributed by atoms with Crippen LogP contribution in [-0.4, -0.2) is 17.9 Å². The second-order valence-corrected chi connectivity index (χ2v) is 6.08. The van der Waals surface area contributed by atoms with Gasteiger partial charge in [0.15, 0.2) is 0 Å². The first-order valence-electron chi connectivity index (χ1n) is 6.54. The molecule has 104 valence electrons. The van der Waals surface area contributed by atoms with E-state index >= 15 is 0 Å². The third-order valence-electron chi connectivity index (χ3n) is 3.18. The summed E-state index contributed by atoms with van der Waals surface area (Å²) in [4.78, 5) is 14.2. The lowest BCUT2D eigenvalue weighted by atomic mass is 10.1. The highest BCUT2D eigenvalue weighted by Gasteiger charge is 2.13. The van der Waals surface area contributed by atoms with Crippen molar-refractivity contribution in [2.45, 2.75) is 20.4 Å². The lowest BCUT2D eigenvalue weighted by Crippen LogP contribution is -2.26. The van der Waals surface area contributed by atoms with Crippen LogP contribution in [0.1, 0.15) is 27.0 Å². The smallest absolute Gasteiger partial charge is 0.253 e. The number of carbonyl (C=O) groups excluding carboxylic acids is 1. The number of nitrogens with zero attached hydrogens (tertiary/aromatic N) is 1. The average molecular weight is 332 g/mol. The van der Waals surface area contributed by atoms with Crippen molar-refractivity contribution < 1.29 is 4.79 Å². The summed E-state index contributed by atoms with van der Waals surface area (Å²) in [5, 5.41) is 0. The van der Waals surface area contributed by atoms with E-state index in [9.17, 15) is 4.79 Å². The quantitative estimate of drug-likeness (QED) is 0.819. The molecule has 0 fully saturated rings. The first-order valence-corrected chi connectivity index (χ1v) is 7.33. The molecule has 2 aromatic rings. The Morgan fingerprint density at radius 3 is 2.30 bits per heavy atom. The maximum atomic E-state index is 12.4. The topological polar surface area (TPSA) is 20.3 Å². The predicted octanol–water partition coefficient (Wildman–Crippen LogP) is 4.34. The van der Waals surface area contributed by atoms with Gasteiger partial charge in [0.05, 0.1) is 0 Å². The molecule has 0 aliphatic heterocycles. The van der Waals surface area contributed by atoms with Crippen LogP contribution in [0.4, 0.5) is 0 Å². The van der Waals surface area contributed by atoms with Gasteiger partial charge in [-0.05, 0) is 43.2 Å². The first-order chi connectivity index (χ1) is 9.45. The molecule has 3 heteroatoms. The van der Waals surface area contributed by atoms with Gasteiger partial charge in [-0.25, -0.2) is 0 Å². The van der Waals surface area contributed by atoms with Gasteiger partial charge >= 0.3 is 0 Å². The minimum absolute atomic E-state index is 0.0370. The molecule has 0 spiro atoms. The maximum absolute atomic E-state index is 12.4. The number of aryl methyl sites for hydroxylation is 2. The molecule has 0 aromatic heterocycles. The fourth-order valence-electron chi connectivity index (χ4n) is 2.12. The SMILES string of the molecule is Cc1ccc(CN(C)C(=O)c2cc(C)cc(Br)c2)cc1. The van der Waals surface area contributed by atoms with E-state index in [1.54, 1.807) is 4.90 Å². The predicted molar refractivity (Wildman–Crippen MR) is 85.9 cm³/mol. The largest absolute Gasteiger partial charge is 0.337 e. The minimum atomic E-state index is 0.0370. The van der Waals surface area contributed by atoms with E-state index in [-0.39, 0.29) is 5.91 Å². The highest BCUT2D eigenvalue weighted by molar-refractivity contribution is 9.10. The fourth-order valence-corrected chi connectivity index (χ4v) is 2.73. The average Bonchev–Trinajstić information content (AvgIpc) is 2.39. The summed E-state index contributed by atoms with van der Waals surface area (Å²) in [6.45, 7) is 4.66. The highest BCUT2D eigenvalue weighted by atomic mass is 79.9. The van der Waals surface area contributed by atoms with E-state index in [2.05, 4.69) is 47.1 Å². The standard InChI is InChI=1S/C17H18BrNO/c1-12-4-6-14(7-5-12)11-19(3)17(20)15-8-13(2)9-16(18)10-15/h4-10H,11H2,1-3H3. The summed E-state index contributed by atoms with van der Waals surface area (Å²) in [5.74, 6) is 0.0370. The lowest BCUT2D eigenvalue weighted by Gasteiger charge is -2.18. The van der Waals surface area contributed by atoms with Crippen molar-refractivity contribution in [3.05, 3.63) is 69.2 Å². The second kappa shape index (κ2) is 6.23. The van der Waals surface area contributed by atoms with Crippen molar-refractivity contribution in [2.24, 2.45) is 0 Å². The minimum Gasteiger partial charge on any atom is -0.337 e. The third kappa shape index (κ3) is 3.70. The zero-order valence-electron chi connectivity index (χ0n) is 12.0. The molecule has 0 N–H and O–H groups in total. The molecule has 20 heavy (non-hydrogen) atoms. The van der Waals surface area contributed by atoms with Crippen molar-refractivity contribution in [3.63, 3.8) is 0 Å². The van der Waals surface area contributed by atoms with Crippen LogP contribution < -0.4 is 0 Å². The van der Waals surface area contributed by atoms with E-state index in [0.717, 1.165) is 15.6 Å². The van der Waals surface area contributed by atoms with Gasteiger partial charge in [0.2, 0.25) is 0 Å². The fraction of sp³-hybridized carbons (Fsp3) is 0.235. The van der Waals surface area contributed by atoms with Gasteiger partial charge in [-0.3, -0.25) is 4.79 Å². The van der Waals surface area contributed by atoms with Crippen LogP contribution in [0.5, 0.6) is 0 Å². The van der Waals surface area contributed by atoms with Crippen molar-refractivity contribution in [1.29, 1.82) is 0 Å². The van der Waals surface area contributed by atoms with Crippen molar-refractivity contribution in [3.8, 4) is 0 Å². The van der Waals surface area contributed by atoms with Crippen molar-refractivity contribution in [1.82, 2.24) is 4.90 Å². The summed E-state index contributed by atoms with van der Waals surface area (Å²) in [6.07, 6.45) is 0. The lowest BCUT2D eigenvalue weighted by molar-refractivity contribution is 0.0785. The van der Waals surface area contributed by atoms with Gasteiger partial charge in [-0.15, -0.1) is 0 Å². The molecular formula is C17H18BrNO. The van der Waals surface area contributed by atoms with E-state index in [4.69, 9.17) is 0 Å². The molecule has 0 aliphatic rings. The summed E-state index contributed by atoms with van der Waals surface area (Å²) in [6, 6.07) is 14.0. The Morgan fingerprint density at radius 1 is 1.05 bits per heavy atom. The van der Waals surface area contributed by atoms with Crippen molar-refractivity contribution >= 4 is 21.8 Å². The molecule has 2 nitrogen and oxygen atoms in total. The Bertz CT molecular complexity index is 599. The van der Waals surface area contributed by atoms with E-state index in [1.807, 2.05) is 32.2 Å². The Hall–Kier alpha value is -1.61. The van der Waals surface area contributed by atoms with Gasteiger partial charge in [0.25, 0.3) is 5.91 Å². The maximum Gasteiger partial charge on any atom is 0.253 e. The molecule has 0 radical (unpaired) electrons. The van der Waals surface area contributed by atoms with Crippen LogP contribution in [0.3, 0.4) is 0 Å². The molecule has 0 atom stereocenters. The number of halogens is 1. The first kappa shape index (κ1) is 14.8. The second-order valence-electron chi connectivity index (χ2n) is 5.16. The zero-order chi connectivity index (χ0) is 14.7. The molecular weight excluding hydrogens is 314 g/mol. The van der Waals surface area contributed by atoms with Crippen LogP contribution in [0, 0.1) is 13.8 Å². The summed E-state index contributed by atoms with van der Waals surface area (Å²) in [5.41, 5.74) is 4.15. The Morgan fingerprint density at radius 2 is 1.70 bits per heavy atom. The van der Waals surface area contributed by atoms with Gasteiger partial charge in [0, 0.05) is 23.6 Å². The molecule has 0 unspecified atom stereocenters. The molecule has 2 aromatic carbocycles. The molecule has 1 amide bonds. The van der Waals surface area contributed by atoms with E-state index < -0.39 is 0 Å². The zero-order valence-corrected chi connectivity index (χ0v) is 13.6. The summed E-state index contributed by atoms with van der Waals surface area (Å²) < 4.78 is 0.935. The van der Waals surface area contributed by atoms with Gasteiger partial charge in [-0.1, -0.05) is 45.8 Å². The van der Waals surface area contributed by atoms with E-state index in [0.29, 0.717) is 12.1 Å². The van der Waals surface area contributed by atoms with Gasteiger partial charge < -0.3 is 4.90 Å². The Balaban J connectivity index is 2.14. The number of carbonyl (C=O) groups is 1. The molecule has 0 heterocycles. The number of rotatable bonds is 3. The number of hydrogen-bond donors (Lipinski definition) is 0. The number of benzene rings is 2. The van der Waals surface area contributed by atoms with Crippen LogP contribution in [-0.2, 0) is 6.54 Å². The monoisotopic (exact) mass is 331 g/mol. The van der Waals surface area contributed by atoms with Gasteiger partial charge in [-0.2, -0.15) is 0 Å². The molecule has 0 saturated carbocycles. The van der Waals surface area contributed by atoms with Crippen LogP contribution in [0.15, 0.2) is 46.9 Å². The van der Waals surface area contributed by atoms with Gasteiger partial charge in [0.1, 0.15) is 0 Å². The Labute approximate surface area is 128 Å². The normalized spacial score (nSPS) is 10.4. The van der Waals surface area contributed by atoms with Crippen molar-refractivity contribution in [2.75, 3.05) is 7.05 Å². The van der Waals surface area contributed by atoms with E-state index in [1.165, 1.54) is 5.56 Å². The third-order valence-corrected chi connectivity index (χ3v) is 3.63. The molecule has 0 saturated heterocycles. The molecule has 2 rings (SSSR count). The summed E-state index contributed by atoms with van der Waals surface area (Å²) >= 11 is 3.43.